The Labute approximate surface area is 242 Å². The molecule has 0 atom stereocenters. The zero-order valence-electron chi connectivity index (χ0n) is 23.4. The number of nitrogens with one attached hydrogen (secondary N) is 1. The van der Waals surface area contributed by atoms with Crippen molar-refractivity contribution in [3.8, 4) is 22.3 Å². The number of rotatable bonds is 6. The third-order valence-electron chi connectivity index (χ3n) is 8.23. The Hall–Kier alpha value is -5.08. The summed E-state index contributed by atoms with van der Waals surface area (Å²) in [6, 6.07) is 54.2. The van der Waals surface area contributed by atoms with Crippen LogP contribution in [0, 0.1) is 0 Å². The average molecular weight is 529 g/mol. The van der Waals surface area contributed by atoms with Gasteiger partial charge in [0, 0.05) is 33.9 Å². The summed E-state index contributed by atoms with van der Waals surface area (Å²) >= 11 is 0. The van der Waals surface area contributed by atoms with Gasteiger partial charge < -0.3 is 10.2 Å². The fourth-order valence-corrected chi connectivity index (χ4v) is 6.09. The van der Waals surface area contributed by atoms with Gasteiger partial charge in [-0.15, -0.1) is 0 Å². The first kappa shape index (κ1) is 24.9. The molecule has 0 radical (unpaired) electrons. The molecule has 6 aromatic rings. The quantitative estimate of drug-likeness (QED) is 0.231. The average Bonchev–Trinajstić information content (AvgIpc) is 3.24. The standard InChI is InChI=1S/C39H32N2/c1-39(2)37-26-31(40-30-14-8-4-9-15-30)20-24-35(37)36-25-23-34(27-38(36)39)41(32-16-10-5-11-17-32)33-21-18-29(19-22-33)28-12-6-3-7-13-28/h3-27,40H,1-2H3. The normalized spacial score (nSPS) is 12.8. The molecule has 2 nitrogen and oxygen atoms in total. The molecule has 0 bridgehead atoms. The molecule has 0 amide bonds. The SMILES string of the molecule is CC1(C)c2cc(Nc3ccccc3)ccc2-c2ccc(N(c3ccccc3)c3ccc(-c4ccccc4)cc3)cc21. The van der Waals surface area contributed by atoms with Crippen molar-refractivity contribution in [1.29, 1.82) is 0 Å². The lowest BCUT2D eigenvalue weighted by molar-refractivity contribution is 0.660. The van der Waals surface area contributed by atoms with Gasteiger partial charge in [-0.1, -0.05) is 105 Å². The molecule has 41 heavy (non-hydrogen) atoms. The highest BCUT2D eigenvalue weighted by Gasteiger charge is 2.36. The predicted octanol–water partition coefficient (Wildman–Crippen LogP) is 10.9. The van der Waals surface area contributed by atoms with Gasteiger partial charge in [-0.05, 0) is 94.0 Å². The van der Waals surface area contributed by atoms with Crippen LogP contribution in [0.4, 0.5) is 28.4 Å². The van der Waals surface area contributed by atoms with Gasteiger partial charge >= 0.3 is 0 Å². The van der Waals surface area contributed by atoms with Crippen molar-refractivity contribution in [3.63, 3.8) is 0 Å². The molecule has 2 heteroatoms. The van der Waals surface area contributed by atoms with Crippen molar-refractivity contribution in [2.75, 3.05) is 10.2 Å². The summed E-state index contributed by atoms with van der Waals surface area (Å²) in [7, 11) is 0. The molecule has 6 aromatic carbocycles. The van der Waals surface area contributed by atoms with Crippen molar-refractivity contribution in [1.82, 2.24) is 0 Å². The molecule has 0 heterocycles. The van der Waals surface area contributed by atoms with Crippen molar-refractivity contribution in [3.05, 3.63) is 163 Å². The van der Waals surface area contributed by atoms with E-state index >= 15 is 0 Å². The Balaban J connectivity index is 1.28. The van der Waals surface area contributed by atoms with Crippen molar-refractivity contribution in [2.45, 2.75) is 19.3 Å². The van der Waals surface area contributed by atoms with Crippen LogP contribution in [0.1, 0.15) is 25.0 Å². The van der Waals surface area contributed by atoms with Crippen LogP contribution in [0.3, 0.4) is 0 Å². The maximum Gasteiger partial charge on any atom is 0.0465 e. The summed E-state index contributed by atoms with van der Waals surface area (Å²) < 4.78 is 0. The van der Waals surface area contributed by atoms with Gasteiger partial charge in [0.05, 0.1) is 0 Å². The van der Waals surface area contributed by atoms with Crippen LogP contribution in [0.25, 0.3) is 22.3 Å². The number of anilines is 5. The summed E-state index contributed by atoms with van der Waals surface area (Å²) in [5, 5.41) is 3.58. The van der Waals surface area contributed by atoms with Gasteiger partial charge in [-0.25, -0.2) is 0 Å². The lowest BCUT2D eigenvalue weighted by Crippen LogP contribution is -2.16. The largest absolute Gasteiger partial charge is 0.356 e. The number of hydrogen-bond donors (Lipinski definition) is 1. The smallest absolute Gasteiger partial charge is 0.0465 e. The third-order valence-corrected chi connectivity index (χ3v) is 8.23. The zero-order chi connectivity index (χ0) is 27.8. The molecule has 198 valence electrons. The fourth-order valence-electron chi connectivity index (χ4n) is 6.09. The Bertz CT molecular complexity index is 1810. The second kappa shape index (κ2) is 10.1. The summed E-state index contributed by atoms with van der Waals surface area (Å²) in [6.07, 6.45) is 0. The molecule has 7 rings (SSSR count). The first-order chi connectivity index (χ1) is 20.1. The Morgan fingerprint density at radius 3 is 1.63 bits per heavy atom. The van der Waals surface area contributed by atoms with Crippen LogP contribution in [0.5, 0.6) is 0 Å². The Morgan fingerprint density at radius 2 is 0.951 bits per heavy atom. The highest BCUT2D eigenvalue weighted by atomic mass is 15.1. The van der Waals surface area contributed by atoms with Crippen molar-refractivity contribution >= 4 is 28.4 Å². The van der Waals surface area contributed by atoms with Crippen molar-refractivity contribution in [2.24, 2.45) is 0 Å². The topological polar surface area (TPSA) is 15.3 Å². The van der Waals surface area contributed by atoms with E-state index in [1.54, 1.807) is 0 Å². The van der Waals surface area contributed by atoms with E-state index in [0.29, 0.717) is 0 Å². The molecule has 1 N–H and O–H groups in total. The summed E-state index contributed by atoms with van der Waals surface area (Å²) in [4.78, 5) is 2.36. The number of para-hydroxylation sites is 2. The molecule has 1 aliphatic carbocycles. The minimum Gasteiger partial charge on any atom is -0.356 e. The lowest BCUT2D eigenvalue weighted by Gasteiger charge is -2.28. The second-order valence-corrected chi connectivity index (χ2v) is 11.2. The van der Waals surface area contributed by atoms with Crippen LogP contribution in [-0.2, 0) is 5.41 Å². The first-order valence-corrected chi connectivity index (χ1v) is 14.2. The summed E-state index contributed by atoms with van der Waals surface area (Å²) in [6.45, 7) is 4.69. The number of fused-ring (bicyclic) bond motifs is 3. The van der Waals surface area contributed by atoms with Gasteiger partial charge in [0.1, 0.15) is 0 Å². The molecule has 1 aliphatic rings. The monoisotopic (exact) mass is 528 g/mol. The fraction of sp³-hybridized carbons (Fsp3) is 0.0769. The van der Waals surface area contributed by atoms with Gasteiger partial charge in [-0.2, -0.15) is 0 Å². The van der Waals surface area contributed by atoms with E-state index in [9.17, 15) is 0 Å². The molecule has 0 unspecified atom stereocenters. The van der Waals surface area contributed by atoms with Crippen LogP contribution < -0.4 is 10.2 Å². The van der Waals surface area contributed by atoms with Gasteiger partial charge in [-0.3, -0.25) is 0 Å². The zero-order valence-corrected chi connectivity index (χ0v) is 23.4. The summed E-state index contributed by atoms with van der Waals surface area (Å²) in [5.74, 6) is 0. The van der Waals surface area contributed by atoms with E-state index in [1.165, 1.54) is 33.4 Å². The number of benzene rings is 6. The minimum atomic E-state index is -0.130. The van der Waals surface area contributed by atoms with Crippen LogP contribution in [0.15, 0.2) is 152 Å². The Kier molecular flexibility index (Phi) is 6.17. The highest BCUT2D eigenvalue weighted by molar-refractivity contribution is 5.87. The molecule has 0 saturated carbocycles. The molecular weight excluding hydrogens is 496 g/mol. The molecule has 0 saturated heterocycles. The van der Waals surface area contributed by atoms with Crippen LogP contribution in [-0.4, -0.2) is 0 Å². The van der Waals surface area contributed by atoms with E-state index in [-0.39, 0.29) is 5.41 Å². The van der Waals surface area contributed by atoms with E-state index < -0.39 is 0 Å². The summed E-state index contributed by atoms with van der Waals surface area (Å²) in [5.41, 5.74) is 13.3. The third kappa shape index (κ3) is 4.58. The minimum absolute atomic E-state index is 0.130. The maximum atomic E-state index is 3.58. The van der Waals surface area contributed by atoms with Gasteiger partial charge in [0.15, 0.2) is 0 Å². The first-order valence-electron chi connectivity index (χ1n) is 14.2. The predicted molar refractivity (Wildman–Crippen MR) is 174 cm³/mol. The van der Waals surface area contributed by atoms with Crippen LogP contribution in [0.2, 0.25) is 0 Å². The molecular formula is C39H32N2. The van der Waals surface area contributed by atoms with E-state index in [1.807, 2.05) is 6.07 Å². The molecule has 0 aliphatic heterocycles. The van der Waals surface area contributed by atoms with Gasteiger partial charge in [0.25, 0.3) is 0 Å². The Morgan fingerprint density at radius 1 is 0.439 bits per heavy atom. The number of hydrogen-bond acceptors (Lipinski definition) is 2. The van der Waals surface area contributed by atoms with Crippen LogP contribution >= 0.6 is 0 Å². The molecule has 0 aromatic heterocycles. The van der Waals surface area contributed by atoms with Crippen molar-refractivity contribution < 1.29 is 0 Å². The van der Waals surface area contributed by atoms with E-state index in [0.717, 1.165) is 28.4 Å². The number of nitrogens with zero attached hydrogens (tertiary/aromatic N) is 1. The highest BCUT2D eigenvalue weighted by Crippen LogP contribution is 2.51. The van der Waals surface area contributed by atoms with E-state index in [4.69, 9.17) is 0 Å². The van der Waals surface area contributed by atoms with E-state index in [2.05, 4.69) is 170 Å². The molecule has 0 spiro atoms. The van der Waals surface area contributed by atoms with Gasteiger partial charge in [0.2, 0.25) is 0 Å². The second-order valence-electron chi connectivity index (χ2n) is 11.2. The maximum absolute atomic E-state index is 3.58. The lowest BCUT2D eigenvalue weighted by atomic mass is 9.82. The molecule has 0 fully saturated rings.